The topological polar surface area (TPSA) is 92.8 Å². The number of imide groups is 2. The van der Waals surface area contributed by atoms with Gasteiger partial charge in [0.15, 0.2) is 5.75 Å². The predicted molar refractivity (Wildman–Crippen MR) is 144 cm³/mol. The van der Waals surface area contributed by atoms with E-state index in [-0.39, 0.29) is 31.4 Å². The first-order valence-electron chi connectivity index (χ1n) is 10.5. The lowest BCUT2D eigenvalue weighted by atomic mass is 10.1. The van der Waals surface area contributed by atoms with E-state index < -0.39 is 46.8 Å². The molecule has 1 N–H and O–H groups in total. The van der Waals surface area contributed by atoms with Crippen molar-refractivity contribution in [2.45, 2.75) is 6.18 Å². The number of urea groups is 1. The van der Waals surface area contributed by atoms with Crippen LogP contribution in [0.2, 0.25) is 10.0 Å². The predicted octanol–water partition coefficient (Wildman–Crippen LogP) is 7.42. The number of carbonyl (C=O) groups excluding carboxylic acids is 4. The molecule has 7 nitrogen and oxygen atoms in total. The van der Waals surface area contributed by atoms with Gasteiger partial charge in [0.2, 0.25) is 0 Å². The number of hydrogen-bond acceptors (Lipinski definition) is 5. The average molecular weight is 707 g/mol. The molecule has 1 aliphatic heterocycles. The highest BCUT2D eigenvalue weighted by atomic mass is 79.9. The van der Waals surface area contributed by atoms with E-state index in [0.29, 0.717) is 15.4 Å². The number of amides is 4. The molecule has 4 rings (SSSR count). The van der Waals surface area contributed by atoms with E-state index in [0.717, 1.165) is 24.3 Å². The minimum Gasteiger partial charge on any atom is -0.421 e. The van der Waals surface area contributed by atoms with Gasteiger partial charge in [-0.1, -0.05) is 45.2 Å². The van der Waals surface area contributed by atoms with Gasteiger partial charge in [-0.25, -0.2) is 14.5 Å². The molecular weight excluding hydrogens is 696 g/mol. The van der Waals surface area contributed by atoms with Gasteiger partial charge in [-0.2, -0.15) is 13.2 Å². The Balaban J connectivity index is 1.76. The van der Waals surface area contributed by atoms with Crippen LogP contribution in [0.5, 0.6) is 5.75 Å². The number of halogens is 7. The molecule has 1 heterocycles. The highest BCUT2D eigenvalue weighted by Crippen LogP contribution is 2.37. The maximum Gasteiger partial charge on any atom is 0.416 e. The number of esters is 1. The van der Waals surface area contributed by atoms with Gasteiger partial charge in [-0.05, 0) is 70.5 Å². The van der Waals surface area contributed by atoms with Crippen molar-refractivity contribution in [3.05, 3.63) is 95.9 Å². The number of alkyl halides is 3. The molecule has 0 radical (unpaired) electrons. The number of rotatable bonds is 4. The van der Waals surface area contributed by atoms with E-state index in [1.165, 1.54) is 30.3 Å². The van der Waals surface area contributed by atoms with Crippen molar-refractivity contribution in [3.63, 3.8) is 0 Å². The standard InChI is InChI=1S/C25H11Br2Cl2F3N2O5/c26-13-6-11(20(18(27)9-13)39-23(37)16-5-4-14(28)10-19(16)29)7-17-21(35)33-24(38)34(22(17)36)15-3-1-2-12(8-15)25(30,31)32/h1-10H,(H,33,35,38)/b17-7-. The zero-order chi connectivity index (χ0) is 28.6. The Bertz CT molecular complexity index is 1590. The number of nitrogens with one attached hydrogen (secondary N) is 1. The van der Waals surface area contributed by atoms with E-state index in [1.807, 2.05) is 5.32 Å². The van der Waals surface area contributed by atoms with E-state index in [4.69, 9.17) is 27.9 Å². The molecule has 4 amide bonds. The average Bonchev–Trinajstić information content (AvgIpc) is 2.83. The second-order valence-corrected chi connectivity index (χ2v) is 10.4. The maximum atomic E-state index is 13.2. The van der Waals surface area contributed by atoms with Gasteiger partial charge in [0.1, 0.15) is 5.57 Å². The fourth-order valence-electron chi connectivity index (χ4n) is 3.47. The van der Waals surface area contributed by atoms with E-state index in [9.17, 15) is 32.3 Å². The maximum absolute atomic E-state index is 13.2. The van der Waals surface area contributed by atoms with Crippen LogP contribution in [0.1, 0.15) is 21.5 Å². The Kier molecular flexibility index (Phi) is 8.22. The molecule has 39 heavy (non-hydrogen) atoms. The first-order chi connectivity index (χ1) is 18.3. The van der Waals surface area contributed by atoms with Crippen molar-refractivity contribution >= 4 is 90.6 Å². The molecular formula is C25H11Br2Cl2F3N2O5. The third-order valence-corrected chi connectivity index (χ3v) is 6.81. The molecule has 0 bridgehead atoms. The molecule has 200 valence electrons. The van der Waals surface area contributed by atoms with Gasteiger partial charge in [0, 0.05) is 15.1 Å². The summed E-state index contributed by atoms with van der Waals surface area (Å²) in [4.78, 5) is 51.6. The molecule has 3 aromatic carbocycles. The minimum atomic E-state index is -4.74. The van der Waals surface area contributed by atoms with Gasteiger partial charge >= 0.3 is 18.2 Å². The van der Waals surface area contributed by atoms with Gasteiger partial charge in [-0.15, -0.1) is 0 Å². The summed E-state index contributed by atoms with van der Waals surface area (Å²) in [6, 6.07) is 9.30. The third-order valence-electron chi connectivity index (χ3n) is 5.22. The zero-order valence-electron chi connectivity index (χ0n) is 18.9. The lowest BCUT2D eigenvalue weighted by Crippen LogP contribution is -2.54. The van der Waals surface area contributed by atoms with Crippen LogP contribution in [0.3, 0.4) is 0 Å². The van der Waals surface area contributed by atoms with Gasteiger partial charge < -0.3 is 4.74 Å². The largest absolute Gasteiger partial charge is 0.421 e. The number of hydrogen-bond donors (Lipinski definition) is 1. The molecule has 0 unspecified atom stereocenters. The smallest absolute Gasteiger partial charge is 0.416 e. The Morgan fingerprint density at radius 1 is 1.00 bits per heavy atom. The summed E-state index contributed by atoms with van der Waals surface area (Å²) in [5, 5.41) is 2.23. The molecule has 1 fully saturated rings. The van der Waals surface area contributed by atoms with Crippen molar-refractivity contribution in [2.24, 2.45) is 0 Å². The Hall–Kier alpha value is -3.19. The van der Waals surface area contributed by atoms with Crippen LogP contribution >= 0.6 is 55.1 Å². The second kappa shape index (κ2) is 11.1. The number of carbonyl (C=O) groups is 4. The van der Waals surface area contributed by atoms with E-state index >= 15 is 0 Å². The number of ether oxygens (including phenoxy) is 1. The molecule has 14 heteroatoms. The molecule has 1 aliphatic rings. The summed E-state index contributed by atoms with van der Waals surface area (Å²) in [6.45, 7) is 0. The van der Waals surface area contributed by atoms with Crippen LogP contribution in [-0.2, 0) is 15.8 Å². The minimum absolute atomic E-state index is 0.0118. The lowest BCUT2D eigenvalue weighted by Gasteiger charge is -2.27. The van der Waals surface area contributed by atoms with Crippen LogP contribution < -0.4 is 15.0 Å². The molecule has 3 aromatic rings. The number of barbiturate groups is 1. The Labute approximate surface area is 244 Å². The van der Waals surface area contributed by atoms with Crippen molar-refractivity contribution in [2.75, 3.05) is 4.90 Å². The van der Waals surface area contributed by atoms with Gasteiger partial charge in [-0.3, -0.25) is 14.9 Å². The second-order valence-electron chi connectivity index (χ2n) is 7.83. The number of anilines is 1. The van der Waals surface area contributed by atoms with Crippen molar-refractivity contribution in [1.29, 1.82) is 0 Å². The lowest BCUT2D eigenvalue weighted by molar-refractivity contribution is -0.137. The van der Waals surface area contributed by atoms with E-state index in [2.05, 4.69) is 31.9 Å². The van der Waals surface area contributed by atoms with Crippen LogP contribution in [0.25, 0.3) is 6.08 Å². The summed E-state index contributed by atoms with van der Waals surface area (Å²) in [5.41, 5.74) is -2.12. The molecule has 0 aliphatic carbocycles. The summed E-state index contributed by atoms with van der Waals surface area (Å²) in [7, 11) is 0. The number of nitrogens with zero attached hydrogens (tertiary/aromatic N) is 1. The van der Waals surface area contributed by atoms with Crippen LogP contribution in [0.4, 0.5) is 23.7 Å². The van der Waals surface area contributed by atoms with Gasteiger partial charge in [0.25, 0.3) is 11.8 Å². The highest BCUT2D eigenvalue weighted by molar-refractivity contribution is 9.11. The first-order valence-corrected chi connectivity index (χ1v) is 12.9. The fraction of sp³-hybridized carbons (Fsp3) is 0.0400. The summed E-state index contributed by atoms with van der Waals surface area (Å²) in [5.74, 6) is -3.32. The van der Waals surface area contributed by atoms with Crippen molar-refractivity contribution < 1.29 is 37.1 Å². The quantitative estimate of drug-likeness (QED) is 0.132. The third kappa shape index (κ3) is 6.19. The summed E-state index contributed by atoms with van der Waals surface area (Å²) < 4.78 is 45.8. The van der Waals surface area contributed by atoms with Crippen molar-refractivity contribution in [3.8, 4) is 5.75 Å². The van der Waals surface area contributed by atoms with E-state index in [1.54, 1.807) is 0 Å². The molecule has 0 spiro atoms. The monoisotopic (exact) mass is 704 g/mol. The SMILES string of the molecule is O=C1NC(=O)N(c2cccc(C(F)(F)F)c2)C(=O)/C1=C\c1cc(Br)cc(Br)c1OC(=O)c1ccc(Cl)cc1Cl. The number of benzene rings is 3. The molecule has 0 aromatic heterocycles. The Morgan fingerprint density at radius 2 is 1.72 bits per heavy atom. The summed E-state index contributed by atoms with van der Waals surface area (Å²) >= 11 is 18.5. The van der Waals surface area contributed by atoms with Crippen molar-refractivity contribution in [1.82, 2.24) is 5.32 Å². The van der Waals surface area contributed by atoms with Crippen LogP contribution in [-0.4, -0.2) is 23.8 Å². The normalized spacial score (nSPS) is 15.0. The molecule has 0 saturated carbocycles. The van der Waals surface area contributed by atoms with Crippen LogP contribution in [0, 0.1) is 0 Å². The first kappa shape index (κ1) is 28.8. The Morgan fingerprint density at radius 3 is 2.38 bits per heavy atom. The zero-order valence-corrected chi connectivity index (χ0v) is 23.6. The molecule has 1 saturated heterocycles. The highest BCUT2D eigenvalue weighted by Gasteiger charge is 2.38. The van der Waals surface area contributed by atoms with Gasteiger partial charge in [0.05, 0.1) is 26.3 Å². The fourth-order valence-corrected chi connectivity index (χ4v) is 5.29. The molecule has 0 atom stereocenters. The van der Waals surface area contributed by atoms with Crippen LogP contribution in [0.15, 0.2) is 69.1 Å². The summed E-state index contributed by atoms with van der Waals surface area (Å²) in [6.07, 6.45) is -3.71.